The van der Waals surface area contributed by atoms with Crippen LogP contribution in [0, 0.1) is 0 Å². The number of aliphatic hydroxyl groups is 10. The van der Waals surface area contributed by atoms with Crippen LogP contribution in [0.15, 0.2) is 0 Å². The minimum Gasteiger partial charge on any atom is -0.394 e. The molecular weight excluding hydrogens is 468 g/mol. The maximum absolute atomic E-state index is 10.8. The molecular formula is C19H34O15. The lowest BCUT2D eigenvalue weighted by molar-refractivity contribution is -0.373. The molecule has 15 heteroatoms. The molecule has 0 radical (unpaired) electrons. The molecule has 3 saturated heterocycles. The summed E-state index contributed by atoms with van der Waals surface area (Å²) >= 11 is 0. The molecule has 0 aromatic rings. The molecule has 15 nitrogen and oxygen atoms in total. The summed E-state index contributed by atoms with van der Waals surface area (Å²) in [6.07, 6.45) is -22.9. The second kappa shape index (κ2) is 11.6. The Hall–Kier alpha value is -0.600. The van der Waals surface area contributed by atoms with Crippen molar-refractivity contribution in [3.63, 3.8) is 0 Å². The van der Waals surface area contributed by atoms with Crippen LogP contribution >= 0.6 is 0 Å². The van der Waals surface area contributed by atoms with Gasteiger partial charge in [-0.1, -0.05) is 0 Å². The van der Waals surface area contributed by atoms with Crippen molar-refractivity contribution in [1.82, 2.24) is 0 Å². The molecule has 200 valence electrons. The standard InChI is InChI=1S/C19H34O15/c1-5-9(23)16(11(25)7(3-21)30-5)33-19-15(29)17(12(26)8(4-22)32-19)34-18-14(28)13(27)10(24)6(2-20)31-18/h5-29H,2-4H2,1H3/t5-,6?,7?,8?,9+,10+,11+,12+,13-,14?,15-,16?,17?,18-,19-/m0/s1. The number of rotatable bonds is 7. The Morgan fingerprint density at radius 3 is 1.41 bits per heavy atom. The van der Waals surface area contributed by atoms with E-state index in [0.29, 0.717) is 0 Å². The van der Waals surface area contributed by atoms with Gasteiger partial charge in [-0.25, -0.2) is 0 Å². The van der Waals surface area contributed by atoms with Gasteiger partial charge in [0.1, 0.15) is 73.2 Å². The molecule has 3 heterocycles. The van der Waals surface area contributed by atoms with Gasteiger partial charge < -0.3 is 74.7 Å². The highest BCUT2D eigenvalue weighted by atomic mass is 16.7. The smallest absolute Gasteiger partial charge is 0.187 e. The largest absolute Gasteiger partial charge is 0.394 e. The first kappa shape index (κ1) is 28.0. The van der Waals surface area contributed by atoms with Crippen molar-refractivity contribution in [2.45, 2.75) is 98.9 Å². The maximum atomic E-state index is 10.8. The van der Waals surface area contributed by atoms with Gasteiger partial charge in [-0.3, -0.25) is 0 Å². The molecule has 3 fully saturated rings. The fraction of sp³-hybridized carbons (Fsp3) is 1.00. The molecule has 3 rings (SSSR count). The Bertz CT molecular complexity index is 639. The average Bonchev–Trinajstić information content (AvgIpc) is 2.82. The van der Waals surface area contributed by atoms with Gasteiger partial charge in [-0.15, -0.1) is 0 Å². The Balaban J connectivity index is 1.78. The molecule has 34 heavy (non-hydrogen) atoms. The second-order valence-electron chi connectivity index (χ2n) is 8.65. The van der Waals surface area contributed by atoms with Crippen LogP contribution in [-0.4, -0.2) is 163 Å². The van der Waals surface area contributed by atoms with Gasteiger partial charge in [0.15, 0.2) is 12.6 Å². The first-order valence-electron chi connectivity index (χ1n) is 10.9. The third-order valence-corrected chi connectivity index (χ3v) is 6.36. The van der Waals surface area contributed by atoms with Crippen molar-refractivity contribution in [3.05, 3.63) is 0 Å². The number of hydrogen-bond donors (Lipinski definition) is 10. The van der Waals surface area contributed by atoms with Gasteiger partial charge in [0, 0.05) is 0 Å². The molecule has 0 bridgehead atoms. The third kappa shape index (κ3) is 5.39. The minimum absolute atomic E-state index is 0.590. The van der Waals surface area contributed by atoms with Crippen LogP contribution in [0.2, 0.25) is 0 Å². The summed E-state index contributed by atoms with van der Waals surface area (Å²) in [6, 6.07) is 0. The normalized spacial score (nSPS) is 52.5. The SMILES string of the molecule is C[C@@H]1OC(CO)[C@@H](O)C(O[C@@H]2OC(CO)[C@@H](O)C(O[C@@H]3OC(CO)[C@@H](O)[C@H](O)C3O)[C@@H]2O)[C@@H]1O. The second-order valence-corrected chi connectivity index (χ2v) is 8.65. The van der Waals surface area contributed by atoms with Crippen LogP contribution in [0.25, 0.3) is 0 Å². The predicted molar refractivity (Wildman–Crippen MR) is 105 cm³/mol. The van der Waals surface area contributed by atoms with E-state index in [4.69, 9.17) is 23.7 Å². The van der Waals surface area contributed by atoms with Crippen molar-refractivity contribution < 1.29 is 74.7 Å². The van der Waals surface area contributed by atoms with E-state index in [-0.39, 0.29) is 0 Å². The molecule has 0 aromatic heterocycles. The fourth-order valence-electron chi connectivity index (χ4n) is 4.25. The highest BCUT2D eigenvalue weighted by Gasteiger charge is 2.53. The van der Waals surface area contributed by atoms with Crippen molar-refractivity contribution in [1.29, 1.82) is 0 Å². The Kier molecular flexibility index (Phi) is 9.57. The first-order valence-corrected chi connectivity index (χ1v) is 10.9. The summed E-state index contributed by atoms with van der Waals surface area (Å²) in [5.74, 6) is 0. The average molecular weight is 502 g/mol. The van der Waals surface area contributed by atoms with Crippen LogP contribution in [-0.2, 0) is 23.7 Å². The summed E-state index contributed by atoms with van der Waals surface area (Å²) < 4.78 is 27.0. The lowest BCUT2D eigenvalue weighted by atomic mass is 9.94. The fourth-order valence-corrected chi connectivity index (χ4v) is 4.25. The summed E-state index contributed by atoms with van der Waals surface area (Å²) in [4.78, 5) is 0. The van der Waals surface area contributed by atoms with Gasteiger partial charge >= 0.3 is 0 Å². The van der Waals surface area contributed by atoms with Crippen molar-refractivity contribution in [2.75, 3.05) is 19.8 Å². The van der Waals surface area contributed by atoms with Crippen molar-refractivity contribution in [2.24, 2.45) is 0 Å². The zero-order valence-electron chi connectivity index (χ0n) is 18.3. The van der Waals surface area contributed by atoms with E-state index in [1.54, 1.807) is 0 Å². The molecule has 0 amide bonds. The van der Waals surface area contributed by atoms with Crippen LogP contribution in [0.5, 0.6) is 0 Å². The van der Waals surface area contributed by atoms with Gasteiger partial charge in [0.2, 0.25) is 0 Å². The predicted octanol–water partition coefficient (Wildman–Crippen LogP) is -6.50. The molecule has 6 unspecified atom stereocenters. The Morgan fingerprint density at radius 2 is 0.912 bits per heavy atom. The number of ether oxygens (including phenoxy) is 5. The van der Waals surface area contributed by atoms with Crippen LogP contribution in [0.4, 0.5) is 0 Å². The third-order valence-electron chi connectivity index (χ3n) is 6.36. The molecule has 3 aliphatic heterocycles. The van der Waals surface area contributed by atoms with Crippen LogP contribution in [0.1, 0.15) is 6.92 Å². The summed E-state index contributed by atoms with van der Waals surface area (Å²) in [5, 5.41) is 101. The van der Waals surface area contributed by atoms with E-state index in [9.17, 15) is 51.1 Å². The number of aliphatic hydroxyl groups excluding tert-OH is 10. The lowest BCUT2D eigenvalue weighted by Gasteiger charge is -2.48. The van der Waals surface area contributed by atoms with Crippen molar-refractivity contribution >= 4 is 0 Å². The van der Waals surface area contributed by atoms with Crippen LogP contribution in [0.3, 0.4) is 0 Å². The minimum atomic E-state index is -1.84. The molecule has 0 aliphatic carbocycles. The van der Waals surface area contributed by atoms with Gasteiger partial charge in [-0.05, 0) is 6.92 Å². The van der Waals surface area contributed by atoms with Gasteiger partial charge in [0.25, 0.3) is 0 Å². The highest BCUT2D eigenvalue weighted by Crippen LogP contribution is 2.32. The molecule has 0 spiro atoms. The number of hydrogen-bond acceptors (Lipinski definition) is 15. The quantitative estimate of drug-likeness (QED) is 0.155. The van der Waals surface area contributed by atoms with E-state index >= 15 is 0 Å². The van der Waals surface area contributed by atoms with E-state index in [2.05, 4.69) is 0 Å². The Morgan fingerprint density at radius 1 is 0.500 bits per heavy atom. The van der Waals surface area contributed by atoms with E-state index in [1.165, 1.54) is 6.92 Å². The summed E-state index contributed by atoms with van der Waals surface area (Å²) in [5.41, 5.74) is 0. The molecule has 10 N–H and O–H groups in total. The highest BCUT2D eigenvalue weighted by molar-refractivity contribution is 4.96. The van der Waals surface area contributed by atoms with E-state index in [1.807, 2.05) is 0 Å². The molecule has 0 saturated carbocycles. The lowest BCUT2D eigenvalue weighted by Crippen LogP contribution is -2.66. The van der Waals surface area contributed by atoms with Crippen LogP contribution < -0.4 is 0 Å². The first-order chi connectivity index (χ1) is 16.0. The van der Waals surface area contributed by atoms with Gasteiger partial charge in [0.05, 0.1) is 25.9 Å². The molecule has 3 aliphatic rings. The van der Waals surface area contributed by atoms with Crippen molar-refractivity contribution in [3.8, 4) is 0 Å². The Labute approximate surface area is 194 Å². The van der Waals surface area contributed by atoms with E-state index in [0.717, 1.165) is 0 Å². The van der Waals surface area contributed by atoms with Gasteiger partial charge in [-0.2, -0.15) is 0 Å². The zero-order valence-corrected chi connectivity index (χ0v) is 18.3. The topological polar surface area (TPSA) is 248 Å². The monoisotopic (exact) mass is 502 g/mol. The molecule has 15 atom stereocenters. The van der Waals surface area contributed by atoms with E-state index < -0.39 is 112 Å². The summed E-state index contributed by atoms with van der Waals surface area (Å²) in [6.45, 7) is -0.624. The zero-order chi connectivity index (χ0) is 25.3. The summed E-state index contributed by atoms with van der Waals surface area (Å²) in [7, 11) is 0. The molecule has 0 aromatic carbocycles. The maximum Gasteiger partial charge on any atom is 0.187 e.